The summed E-state index contributed by atoms with van der Waals surface area (Å²) >= 11 is 0. The van der Waals surface area contributed by atoms with Crippen LogP contribution in [0.2, 0.25) is 0 Å². The van der Waals surface area contributed by atoms with Crippen molar-refractivity contribution in [3.8, 4) is 11.8 Å². The summed E-state index contributed by atoms with van der Waals surface area (Å²) in [7, 11) is 2.93. The highest BCUT2D eigenvalue weighted by molar-refractivity contribution is 7.18. The Morgan fingerprint density at radius 2 is 1.89 bits per heavy atom. The monoisotopic (exact) mass is 529 g/mol. The Balaban J connectivity index is 1.32. The molecule has 1 aromatic rings. The summed E-state index contributed by atoms with van der Waals surface area (Å²) in [5.41, 5.74) is 0.692. The molecule has 5 nitrogen and oxygen atoms in total. The fourth-order valence-electron chi connectivity index (χ4n) is 6.46. The number of likely N-dealkylation sites (tertiary alicyclic amines) is 2. The molecule has 4 rings (SSSR count). The van der Waals surface area contributed by atoms with Crippen molar-refractivity contribution in [2.24, 2.45) is 11.3 Å². The highest BCUT2D eigenvalue weighted by atomic mass is 31.0. The highest BCUT2D eigenvalue weighted by Gasteiger charge is 2.45. The average Bonchev–Trinajstić information content (AvgIpc) is 2.87. The van der Waals surface area contributed by atoms with Gasteiger partial charge in [-0.1, -0.05) is 26.8 Å². The van der Waals surface area contributed by atoms with Crippen LogP contribution in [0.15, 0.2) is 18.2 Å². The summed E-state index contributed by atoms with van der Waals surface area (Å²) in [5, 5.41) is 10.0. The van der Waals surface area contributed by atoms with Crippen LogP contribution in [0, 0.1) is 22.7 Å². The molecule has 204 valence electrons. The summed E-state index contributed by atoms with van der Waals surface area (Å²) in [6.45, 7) is 11.9. The van der Waals surface area contributed by atoms with E-state index in [1.807, 2.05) is 30.0 Å². The van der Waals surface area contributed by atoms with Crippen molar-refractivity contribution in [3.63, 3.8) is 0 Å². The number of hydrogen-bond acceptors (Lipinski definition) is 4. The van der Waals surface area contributed by atoms with Crippen LogP contribution in [-0.4, -0.2) is 66.4 Å². The van der Waals surface area contributed by atoms with Crippen LogP contribution in [0.1, 0.15) is 89.2 Å². The van der Waals surface area contributed by atoms with Gasteiger partial charge in [0, 0.05) is 31.0 Å². The van der Waals surface area contributed by atoms with Crippen molar-refractivity contribution in [1.29, 1.82) is 5.26 Å². The van der Waals surface area contributed by atoms with Crippen molar-refractivity contribution in [1.82, 2.24) is 9.80 Å². The minimum absolute atomic E-state index is 0.123. The van der Waals surface area contributed by atoms with Gasteiger partial charge in [0.05, 0.1) is 12.2 Å². The molecule has 1 aliphatic carbocycles. The molecule has 37 heavy (non-hydrogen) atoms. The standard InChI is InChI=1S/C30H45FN3O2P/c1-29(2,37)21-33-15-10-22(11-16-33)20-36-27-8-7-23(17-24(27)19-32)25-9-12-30(3,18-26(25)31)28(35)34-13-5-4-6-14-34/h7-8,17,22,25-26H,4-6,9-16,18,20-21,37H2,1-3H3. The number of hydrogen-bond donors (Lipinski definition) is 0. The molecule has 0 spiro atoms. The molecule has 2 aliphatic heterocycles. The fraction of sp³-hybridized carbons (Fsp3) is 0.733. The van der Waals surface area contributed by atoms with Crippen LogP contribution in [0.4, 0.5) is 4.39 Å². The molecule has 4 unspecified atom stereocenters. The van der Waals surface area contributed by atoms with E-state index in [1.165, 1.54) is 6.42 Å². The zero-order valence-electron chi connectivity index (χ0n) is 23.0. The maximum atomic E-state index is 15.5. The highest BCUT2D eigenvalue weighted by Crippen LogP contribution is 2.46. The van der Waals surface area contributed by atoms with Gasteiger partial charge in [0.25, 0.3) is 0 Å². The van der Waals surface area contributed by atoms with E-state index in [1.54, 1.807) is 0 Å². The quantitative estimate of drug-likeness (QED) is 0.411. The van der Waals surface area contributed by atoms with Crippen LogP contribution in [-0.2, 0) is 4.79 Å². The fourth-order valence-corrected chi connectivity index (χ4v) is 6.72. The van der Waals surface area contributed by atoms with E-state index in [4.69, 9.17) is 4.74 Å². The zero-order valence-corrected chi connectivity index (χ0v) is 24.1. The lowest BCUT2D eigenvalue weighted by Crippen LogP contribution is -2.48. The Bertz CT molecular complexity index is 976. The molecule has 4 atom stereocenters. The molecule has 7 heteroatoms. The lowest BCUT2D eigenvalue weighted by molar-refractivity contribution is -0.145. The first-order chi connectivity index (χ1) is 17.6. The van der Waals surface area contributed by atoms with E-state index < -0.39 is 11.6 Å². The van der Waals surface area contributed by atoms with Gasteiger partial charge in [-0.15, -0.1) is 9.24 Å². The number of piperidine rings is 2. The number of carbonyl (C=O) groups excluding carboxylic acids is 1. The molecule has 1 amide bonds. The van der Waals surface area contributed by atoms with E-state index in [0.29, 0.717) is 36.7 Å². The number of rotatable bonds is 7. The Morgan fingerprint density at radius 3 is 2.51 bits per heavy atom. The number of nitrogens with zero attached hydrogens (tertiary/aromatic N) is 3. The van der Waals surface area contributed by atoms with Crippen LogP contribution in [0.25, 0.3) is 0 Å². The Kier molecular flexibility index (Phi) is 9.18. The molecule has 3 fully saturated rings. The molecule has 0 radical (unpaired) electrons. The van der Waals surface area contributed by atoms with Crippen molar-refractivity contribution >= 4 is 15.1 Å². The van der Waals surface area contributed by atoms with Gasteiger partial charge in [0.1, 0.15) is 18.0 Å². The molecule has 2 heterocycles. The van der Waals surface area contributed by atoms with E-state index in [9.17, 15) is 10.1 Å². The molecule has 1 aromatic carbocycles. The van der Waals surface area contributed by atoms with Gasteiger partial charge in [-0.05, 0) is 93.2 Å². The van der Waals surface area contributed by atoms with Crippen LogP contribution in [0.5, 0.6) is 5.75 Å². The molecule has 0 aromatic heterocycles. The predicted molar refractivity (Wildman–Crippen MR) is 150 cm³/mol. The third-order valence-electron chi connectivity index (χ3n) is 8.61. The molecule has 2 saturated heterocycles. The Hall–Kier alpha value is -1.70. The van der Waals surface area contributed by atoms with Gasteiger partial charge in [-0.25, -0.2) is 4.39 Å². The smallest absolute Gasteiger partial charge is 0.228 e. The maximum absolute atomic E-state index is 15.5. The Morgan fingerprint density at radius 1 is 1.19 bits per heavy atom. The largest absolute Gasteiger partial charge is 0.492 e. The molecule has 1 saturated carbocycles. The summed E-state index contributed by atoms with van der Waals surface area (Å²) in [5.74, 6) is 0.918. The normalized spacial score (nSPS) is 28.1. The number of ether oxygens (including phenoxy) is 1. The van der Waals surface area contributed by atoms with E-state index in [0.717, 1.165) is 64.0 Å². The summed E-state index contributed by atoms with van der Waals surface area (Å²) in [6.07, 6.45) is 5.92. The van der Waals surface area contributed by atoms with Gasteiger partial charge in [0.2, 0.25) is 5.91 Å². The third kappa shape index (κ3) is 7.24. The predicted octanol–water partition coefficient (Wildman–Crippen LogP) is 5.93. The molecule has 3 aliphatic rings. The lowest BCUT2D eigenvalue weighted by Gasteiger charge is -2.42. The molecular weight excluding hydrogens is 484 g/mol. The number of carbonyl (C=O) groups is 1. The minimum atomic E-state index is -1.09. The number of benzene rings is 1. The summed E-state index contributed by atoms with van der Waals surface area (Å²) in [4.78, 5) is 17.7. The van der Waals surface area contributed by atoms with E-state index in [2.05, 4.69) is 34.1 Å². The molecule has 0 bridgehead atoms. The number of amides is 1. The van der Waals surface area contributed by atoms with Crippen molar-refractivity contribution < 1.29 is 13.9 Å². The summed E-state index contributed by atoms with van der Waals surface area (Å²) in [6, 6.07) is 7.85. The van der Waals surface area contributed by atoms with Gasteiger partial charge in [-0.2, -0.15) is 5.26 Å². The number of halogens is 1. The topological polar surface area (TPSA) is 56.6 Å². The first-order valence-corrected chi connectivity index (χ1v) is 14.8. The van der Waals surface area contributed by atoms with Crippen molar-refractivity contribution in [2.45, 2.75) is 89.4 Å². The van der Waals surface area contributed by atoms with Crippen LogP contribution in [0.3, 0.4) is 0 Å². The van der Waals surface area contributed by atoms with Crippen molar-refractivity contribution in [3.05, 3.63) is 29.3 Å². The van der Waals surface area contributed by atoms with Gasteiger partial charge >= 0.3 is 0 Å². The zero-order chi connectivity index (χ0) is 26.6. The lowest BCUT2D eigenvalue weighted by atomic mass is 9.68. The number of nitriles is 1. The first-order valence-electron chi connectivity index (χ1n) is 14.2. The van der Waals surface area contributed by atoms with Crippen LogP contribution >= 0.6 is 9.24 Å². The van der Waals surface area contributed by atoms with Crippen LogP contribution < -0.4 is 4.74 Å². The van der Waals surface area contributed by atoms with Crippen molar-refractivity contribution in [2.75, 3.05) is 39.3 Å². The third-order valence-corrected chi connectivity index (χ3v) is 8.80. The van der Waals surface area contributed by atoms with E-state index in [-0.39, 0.29) is 23.4 Å². The molecular formula is C30H45FN3O2P. The SMILES string of the molecule is CC(C)(P)CN1CCC(COc2ccc(C3CCC(C)(C(=O)N4CCCCC4)CC3F)cc2C#N)CC1. The van der Waals surface area contributed by atoms with Gasteiger partial charge in [0.15, 0.2) is 0 Å². The van der Waals surface area contributed by atoms with Gasteiger partial charge < -0.3 is 14.5 Å². The summed E-state index contributed by atoms with van der Waals surface area (Å²) < 4.78 is 21.6. The minimum Gasteiger partial charge on any atom is -0.492 e. The second-order valence-electron chi connectivity index (χ2n) is 12.7. The first kappa shape index (κ1) is 28.3. The average molecular weight is 530 g/mol. The van der Waals surface area contributed by atoms with E-state index >= 15 is 4.39 Å². The second kappa shape index (κ2) is 12.0. The number of alkyl halides is 1. The van der Waals surface area contributed by atoms with Gasteiger partial charge in [-0.3, -0.25) is 4.79 Å². The maximum Gasteiger partial charge on any atom is 0.228 e. The molecule has 0 N–H and O–H groups in total. The second-order valence-corrected chi connectivity index (χ2v) is 14.2. The Labute approximate surface area is 225 Å².